The number of phenols is 1. The van der Waals surface area contributed by atoms with E-state index in [9.17, 15) is 19.4 Å². The van der Waals surface area contributed by atoms with Crippen molar-refractivity contribution in [1.29, 1.82) is 0 Å². The number of methoxy groups -OCH3 is 1. The van der Waals surface area contributed by atoms with Crippen LogP contribution >= 0.6 is 11.6 Å². The standard InChI is InChI=1S/C11H12ClFO5/c1-3-18-11(16)9(15)7-8(13)5(12)4-6(14)10(7)17-2/h4,9,14-15H,3H2,1-2H3. The fraction of sp³-hybridized carbons (Fsp3) is 0.364. The first-order chi connectivity index (χ1) is 8.43. The number of halogens is 2. The third kappa shape index (κ3) is 2.65. The van der Waals surface area contributed by atoms with Gasteiger partial charge in [0, 0.05) is 6.07 Å². The summed E-state index contributed by atoms with van der Waals surface area (Å²) in [6.45, 7) is 1.56. The van der Waals surface area contributed by atoms with Crippen molar-refractivity contribution in [2.24, 2.45) is 0 Å². The van der Waals surface area contributed by atoms with E-state index in [-0.39, 0.29) is 12.4 Å². The molecule has 0 amide bonds. The molecule has 100 valence electrons. The molecule has 0 bridgehead atoms. The third-order valence-electron chi connectivity index (χ3n) is 2.17. The molecule has 0 aliphatic heterocycles. The molecule has 5 nitrogen and oxygen atoms in total. The Morgan fingerprint density at radius 3 is 2.72 bits per heavy atom. The summed E-state index contributed by atoms with van der Waals surface area (Å²) in [5.74, 6) is -2.96. The van der Waals surface area contributed by atoms with Crippen molar-refractivity contribution in [3.05, 3.63) is 22.5 Å². The predicted octanol–water partition coefficient (Wildman–Crippen LogP) is 1.79. The van der Waals surface area contributed by atoms with Gasteiger partial charge in [-0.25, -0.2) is 9.18 Å². The number of benzene rings is 1. The van der Waals surface area contributed by atoms with Gasteiger partial charge in [-0.3, -0.25) is 0 Å². The summed E-state index contributed by atoms with van der Waals surface area (Å²) in [5, 5.41) is 18.8. The van der Waals surface area contributed by atoms with Crippen LogP contribution in [0.25, 0.3) is 0 Å². The number of hydrogen-bond donors (Lipinski definition) is 2. The Bertz CT molecular complexity index is 463. The molecule has 0 saturated carbocycles. The molecule has 18 heavy (non-hydrogen) atoms. The SMILES string of the molecule is CCOC(=O)C(O)c1c(F)c(Cl)cc(O)c1OC. The molecule has 0 radical (unpaired) electrons. The summed E-state index contributed by atoms with van der Waals surface area (Å²) in [5.41, 5.74) is -0.555. The van der Waals surface area contributed by atoms with Gasteiger partial charge in [0.05, 0.1) is 24.3 Å². The number of aliphatic hydroxyl groups excluding tert-OH is 1. The number of aliphatic hydroxyl groups is 1. The van der Waals surface area contributed by atoms with Gasteiger partial charge in [-0.1, -0.05) is 11.6 Å². The normalized spacial score (nSPS) is 12.1. The Balaban J connectivity index is 3.33. The Morgan fingerprint density at radius 1 is 1.61 bits per heavy atom. The van der Waals surface area contributed by atoms with Gasteiger partial charge in [-0.15, -0.1) is 0 Å². The van der Waals surface area contributed by atoms with Crippen molar-refractivity contribution < 1.29 is 28.9 Å². The number of rotatable bonds is 4. The second kappa shape index (κ2) is 5.88. The molecule has 7 heteroatoms. The lowest BCUT2D eigenvalue weighted by Crippen LogP contribution is -2.17. The quantitative estimate of drug-likeness (QED) is 0.821. The number of esters is 1. The fourth-order valence-electron chi connectivity index (χ4n) is 1.41. The van der Waals surface area contributed by atoms with Crippen LogP contribution in [0.1, 0.15) is 18.6 Å². The highest BCUT2D eigenvalue weighted by atomic mass is 35.5. The maximum atomic E-state index is 13.8. The number of aromatic hydroxyl groups is 1. The van der Waals surface area contributed by atoms with Gasteiger partial charge in [-0.2, -0.15) is 0 Å². The van der Waals surface area contributed by atoms with Crippen LogP contribution in [0.2, 0.25) is 5.02 Å². The fourth-order valence-corrected chi connectivity index (χ4v) is 1.62. The minimum atomic E-state index is -1.93. The van der Waals surface area contributed by atoms with E-state index in [4.69, 9.17) is 16.3 Å². The highest BCUT2D eigenvalue weighted by Crippen LogP contribution is 2.40. The lowest BCUT2D eigenvalue weighted by molar-refractivity contribution is -0.153. The molecule has 0 heterocycles. The molecule has 0 aliphatic carbocycles. The summed E-state index contributed by atoms with van der Waals surface area (Å²) < 4.78 is 23.1. The largest absolute Gasteiger partial charge is 0.504 e. The zero-order chi connectivity index (χ0) is 13.9. The van der Waals surface area contributed by atoms with Gasteiger partial charge >= 0.3 is 5.97 Å². The van der Waals surface area contributed by atoms with Gasteiger partial charge in [-0.05, 0) is 6.92 Å². The first kappa shape index (κ1) is 14.5. The highest BCUT2D eigenvalue weighted by molar-refractivity contribution is 6.31. The second-order valence-corrected chi connectivity index (χ2v) is 3.70. The molecule has 1 aromatic rings. The van der Waals surface area contributed by atoms with Crippen LogP contribution in [0.5, 0.6) is 11.5 Å². The zero-order valence-corrected chi connectivity index (χ0v) is 10.5. The van der Waals surface area contributed by atoms with E-state index in [1.165, 1.54) is 6.92 Å². The lowest BCUT2D eigenvalue weighted by atomic mass is 10.1. The number of carbonyl (C=O) groups excluding carboxylic acids is 1. The predicted molar refractivity (Wildman–Crippen MR) is 61.2 cm³/mol. The minimum absolute atomic E-state index is 0.0202. The number of ether oxygens (including phenoxy) is 2. The molecule has 0 aliphatic rings. The van der Waals surface area contributed by atoms with E-state index >= 15 is 0 Å². The van der Waals surface area contributed by atoms with Gasteiger partial charge in [0.15, 0.2) is 23.4 Å². The summed E-state index contributed by atoms with van der Waals surface area (Å²) in [6.07, 6.45) is -1.93. The molecule has 0 aromatic heterocycles. The van der Waals surface area contributed by atoms with Crippen LogP contribution in [0.3, 0.4) is 0 Å². The molecule has 0 saturated heterocycles. The molecule has 0 fully saturated rings. The molecule has 0 spiro atoms. The average molecular weight is 279 g/mol. The molecule has 1 unspecified atom stereocenters. The van der Waals surface area contributed by atoms with Crippen molar-refractivity contribution in [3.8, 4) is 11.5 Å². The van der Waals surface area contributed by atoms with E-state index in [1.54, 1.807) is 0 Å². The van der Waals surface area contributed by atoms with Crippen LogP contribution in [-0.2, 0) is 9.53 Å². The van der Waals surface area contributed by atoms with Crippen molar-refractivity contribution in [3.63, 3.8) is 0 Å². The molecular weight excluding hydrogens is 267 g/mol. The summed E-state index contributed by atoms with van der Waals surface area (Å²) in [4.78, 5) is 11.4. The smallest absolute Gasteiger partial charge is 0.339 e. The van der Waals surface area contributed by atoms with Crippen molar-refractivity contribution >= 4 is 17.6 Å². The Morgan fingerprint density at radius 2 is 2.22 bits per heavy atom. The average Bonchev–Trinajstić information content (AvgIpc) is 2.32. The Hall–Kier alpha value is -1.53. The monoisotopic (exact) mass is 278 g/mol. The summed E-state index contributed by atoms with van der Waals surface area (Å²) in [6, 6.07) is 0.914. The van der Waals surface area contributed by atoms with E-state index in [1.807, 2.05) is 0 Å². The maximum Gasteiger partial charge on any atom is 0.339 e. The highest BCUT2D eigenvalue weighted by Gasteiger charge is 2.30. The van der Waals surface area contributed by atoms with Crippen LogP contribution in [0.15, 0.2) is 6.07 Å². The minimum Gasteiger partial charge on any atom is -0.504 e. The van der Waals surface area contributed by atoms with E-state index in [2.05, 4.69) is 4.74 Å². The van der Waals surface area contributed by atoms with Crippen molar-refractivity contribution in [2.45, 2.75) is 13.0 Å². The van der Waals surface area contributed by atoms with Crippen LogP contribution in [0, 0.1) is 5.82 Å². The number of carbonyl (C=O) groups is 1. The number of hydrogen-bond acceptors (Lipinski definition) is 5. The van der Waals surface area contributed by atoms with Gasteiger partial charge in [0.2, 0.25) is 0 Å². The van der Waals surface area contributed by atoms with Gasteiger partial charge in [0.25, 0.3) is 0 Å². The first-order valence-corrected chi connectivity index (χ1v) is 5.41. The van der Waals surface area contributed by atoms with Crippen LogP contribution in [0.4, 0.5) is 4.39 Å². The maximum absolute atomic E-state index is 13.8. The number of phenolic OH excluding ortho intramolecular Hbond substituents is 1. The Kier molecular flexibility index (Phi) is 4.75. The molecule has 1 rings (SSSR count). The summed E-state index contributed by atoms with van der Waals surface area (Å²) in [7, 11) is 1.16. The molecule has 1 atom stereocenters. The lowest BCUT2D eigenvalue weighted by Gasteiger charge is -2.16. The third-order valence-corrected chi connectivity index (χ3v) is 2.45. The second-order valence-electron chi connectivity index (χ2n) is 3.29. The van der Waals surface area contributed by atoms with Crippen LogP contribution < -0.4 is 4.74 Å². The van der Waals surface area contributed by atoms with Gasteiger partial charge in [0.1, 0.15) is 0 Å². The van der Waals surface area contributed by atoms with E-state index < -0.39 is 34.2 Å². The zero-order valence-electron chi connectivity index (χ0n) is 9.74. The summed E-state index contributed by atoms with van der Waals surface area (Å²) >= 11 is 5.52. The molecular formula is C11H12ClFO5. The van der Waals surface area contributed by atoms with E-state index in [0.29, 0.717) is 0 Å². The van der Waals surface area contributed by atoms with Crippen LogP contribution in [-0.4, -0.2) is 29.9 Å². The molecule has 1 aromatic carbocycles. The van der Waals surface area contributed by atoms with Crippen molar-refractivity contribution in [2.75, 3.05) is 13.7 Å². The van der Waals surface area contributed by atoms with E-state index in [0.717, 1.165) is 13.2 Å². The first-order valence-electron chi connectivity index (χ1n) is 5.03. The topological polar surface area (TPSA) is 76.0 Å². The molecule has 2 N–H and O–H groups in total. The van der Waals surface area contributed by atoms with Gasteiger partial charge < -0.3 is 19.7 Å². The Labute approximate surface area is 108 Å². The van der Waals surface area contributed by atoms with Crippen molar-refractivity contribution in [1.82, 2.24) is 0 Å².